The summed E-state index contributed by atoms with van der Waals surface area (Å²) in [6, 6.07) is 10.7. The molecule has 0 heterocycles. The average molecular weight is 401 g/mol. The van der Waals surface area contributed by atoms with E-state index in [1.807, 2.05) is 0 Å². The second kappa shape index (κ2) is 12.3. The van der Waals surface area contributed by atoms with E-state index in [-0.39, 0.29) is 32.7 Å². The van der Waals surface area contributed by atoms with Crippen molar-refractivity contribution in [1.82, 2.24) is 0 Å². The number of benzene rings is 1. The van der Waals surface area contributed by atoms with Gasteiger partial charge in [-0.15, -0.1) is 0 Å². The van der Waals surface area contributed by atoms with E-state index in [4.69, 9.17) is 14.2 Å². The molecule has 1 rings (SSSR count). The molecule has 0 N–H and O–H groups in total. The molecule has 0 saturated carbocycles. The van der Waals surface area contributed by atoms with Crippen molar-refractivity contribution in [3.05, 3.63) is 48.0 Å². The Bertz CT molecular complexity index is 734. The summed E-state index contributed by atoms with van der Waals surface area (Å²) in [4.78, 5) is 36.7. The molecule has 0 aliphatic heterocycles. The number of nitriles is 1. The van der Waals surface area contributed by atoms with E-state index >= 15 is 0 Å². The molecule has 0 amide bonds. The number of esters is 3. The number of carbonyl (C=O) groups is 3. The Hall–Kier alpha value is -3.14. The standard InChI is InChI=1S/C22H27NO6/c1-4-27-19(24)18(20(25)28-5-2)14-10-11-15-22(16-23,21(26)29-6-3)17-12-8-7-9-13-17/h7-13,18H,4-6,14-15H2,1-3H3/b11-10+. The normalized spacial score (nSPS) is 12.8. The molecule has 0 spiro atoms. The highest BCUT2D eigenvalue weighted by atomic mass is 16.6. The predicted octanol–water partition coefficient (Wildman–Crippen LogP) is 3.09. The summed E-state index contributed by atoms with van der Waals surface area (Å²) in [5.41, 5.74) is -1.00. The van der Waals surface area contributed by atoms with Gasteiger partial charge in [-0.25, -0.2) is 4.79 Å². The lowest BCUT2D eigenvalue weighted by molar-refractivity contribution is -0.161. The van der Waals surface area contributed by atoms with Gasteiger partial charge in [0.05, 0.1) is 25.9 Å². The first-order valence-corrected chi connectivity index (χ1v) is 9.59. The highest BCUT2D eigenvalue weighted by Crippen LogP contribution is 2.30. The summed E-state index contributed by atoms with van der Waals surface area (Å²) < 4.78 is 15.0. The quantitative estimate of drug-likeness (QED) is 0.243. The molecule has 0 saturated heterocycles. The highest BCUT2D eigenvalue weighted by Gasteiger charge is 2.41. The molecule has 1 aromatic carbocycles. The van der Waals surface area contributed by atoms with Crippen molar-refractivity contribution < 1.29 is 28.6 Å². The van der Waals surface area contributed by atoms with Crippen molar-refractivity contribution >= 4 is 17.9 Å². The van der Waals surface area contributed by atoms with Crippen molar-refractivity contribution in [3.63, 3.8) is 0 Å². The fourth-order valence-corrected chi connectivity index (χ4v) is 2.72. The molecule has 7 heteroatoms. The number of hydrogen-bond acceptors (Lipinski definition) is 7. The summed E-state index contributed by atoms with van der Waals surface area (Å²) in [5.74, 6) is -3.08. The Morgan fingerprint density at radius 1 is 0.966 bits per heavy atom. The Balaban J connectivity index is 3.04. The molecule has 0 aliphatic rings. The number of allylic oxidation sites excluding steroid dienone is 2. The molecule has 1 unspecified atom stereocenters. The van der Waals surface area contributed by atoms with Gasteiger partial charge < -0.3 is 14.2 Å². The molecule has 7 nitrogen and oxygen atoms in total. The lowest BCUT2D eigenvalue weighted by atomic mass is 9.78. The van der Waals surface area contributed by atoms with E-state index in [0.717, 1.165) is 0 Å². The van der Waals surface area contributed by atoms with Crippen LogP contribution in [0.4, 0.5) is 0 Å². The Morgan fingerprint density at radius 3 is 2.00 bits per heavy atom. The van der Waals surface area contributed by atoms with Gasteiger partial charge in [0.1, 0.15) is 0 Å². The first-order chi connectivity index (χ1) is 14.0. The van der Waals surface area contributed by atoms with Crippen LogP contribution in [0.2, 0.25) is 0 Å². The van der Waals surface area contributed by atoms with Crippen molar-refractivity contribution in [3.8, 4) is 6.07 Å². The summed E-state index contributed by atoms with van der Waals surface area (Å²) >= 11 is 0. The maximum absolute atomic E-state index is 12.6. The van der Waals surface area contributed by atoms with E-state index in [2.05, 4.69) is 6.07 Å². The minimum atomic E-state index is -1.52. The van der Waals surface area contributed by atoms with E-state index < -0.39 is 29.2 Å². The second-order valence-electron chi connectivity index (χ2n) is 6.07. The van der Waals surface area contributed by atoms with Gasteiger partial charge in [0.2, 0.25) is 0 Å². The number of ether oxygens (including phenoxy) is 3. The van der Waals surface area contributed by atoms with Crippen molar-refractivity contribution in [2.24, 2.45) is 5.92 Å². The van der Waals surface area contributed by atoms with Crippen LogP contribution in [-0.2, 0) is 34.0 Å². The Kier molecular flexibility index (Phi) is 10.2. The molecule has 0 radical (unpaired) electrons. The highest BCUT2D eigenvalue weighted by molar-refractivity contribution is 5.95. The molecular weight excluding hydrogens is 374 g/mol. The molecule has 29 heavy (non-hydrogen) atoms. The largest absolute Gasteiger partial charge is 0.465 e. The lowest BCUT2D eigenvalue weighted by Crippen LogP contribution is -2.35. The molecule has 0 aliphatic carbocycles. The molecule has 0 aromatic heterocycles. The SMILES string of the molecule is CCOC(=O)C(C/C=C/CC(C#N)(C(=O)OCC)c1ccccc1)C(=O)OCC. The molecule has 1 atom stereocenters. The van der Waals surface area contributed by atoms with Crippen LogP contribution in [0.25, 0.3) is 0 Å². The number of nitrogens with zero attached hydrogens (tertiary/aromatic N) is 1. The number of carbonyl (C=O) groups excluding carboxylic acids is 3. The van der Waals surface area contributed by atoms with Gasteiger partial charge >= 0.3 is 17.9 Å². The van der Waals surface area contributed by atoms with E-state index in [1.54, 1.807) is 63.3 Å². The number of hydrogen-bond donors (Lipinski definition) is 0. The fraction of sp³-hybridized carbons (Fsp3) is 0.455. The first-order valence-electron chi connectivity index (χ1n) is 9.59. The van der Waals surface area contributed by atoms with Gasteiger partial charge in [-0.1, -0.05) is 42.5 Å². The zero-order valence-electron chi connectivity index (χ0n) is 17.1. The van der Waals surface area contributed by atoms with Gasteiger partial charge in [0.25, 0.3) is 0 Å². The monoisotopic (exact) mass is 401 g/mol. The Morgan fingerprint density at radius 2 is 1.52 bits per heavy atom. The lowest BCUT2D eigenvalue weighted by Gasteiger charge is -2.23. The molecule has 0 bridgehead atoms. The maximum Gasteiger partial charge on any atom is 0.331 e. The summed E-state index contributed by atoms with van der Waals surface area (Å²) in [5, 5.41) is 9.82. The number of rotatable bonds is 11. The minimum absolute atomic E-state index is 0.0325. The van der Waals surface area contributed by atoms with Crippen molar-refractivity contribution in [2.75, 3.05) is 19.8 Å². The van der Waals surface area contributed by atoms with Crippen molar-refractivity contribution in [1.29, 1.82) is 5.26 Å². The minimum Gasteiger partial charge on any atom is -0.465 e. The molecule has 1 aromatic rings. The second-order valence-corrected chi connectivity index (χ2v) is 6.07. The zero-order valence-corrected chi connectivity index (χ0v) is 17.1. The van der Waals surface area contributed by atoms with Crippen molar-refractivity contribution in [2.45, 2.75) is 39.0 Å². The zero-order chi connectivity index (χ0) is 21.7. The third-order valence-corrected chi connectivity index (χ3v) is 4.19. The average Bonchev–Trinajstić information content (AvgIpc) is 2.72. The third-order valence-electron chi connectivity index (χ3n) is 4.19. The predicted molar refractivity (Wildman–Crippen MR) is 105 cm³/mol. The summed E-state index contributed by atoms with van der Waals surface area (Å²) in [6.07, 6.45) is 3.24. The van der Waals surface area contributed by atoms with Crippen LogP contribution in [0.1, 0.15) is 39.2 Å². The van der Waals surface area contributed by atoms with E-state index in [0.29, 0.717) is 5.56 Å². The van der Waals surface area contributed by atoms with Crippen LogP contribution in [0.15, 0.2) is 42.5 Å². The van der Waals surface area contributed by atoms with Crippen LogP contribution < -0.4 is 0 Å². The molecule has 0 fully saturated rings. The van der Waals surface area contributed by atoms with Crippen LogP contribution in [0, 0.1) is 17.2 Å². The molecule has 156 valence electrons. The smallest absolute Gasteiger partial charge is 0.331 e. The topological polar surface area (TPSA) is 103 Å². The maximum atomic E-state index is 12.6. The van der Waals surface area contributed by atoms with Gasteiger partial charge in [-0.2, -0.15) is 5.26 Å². The van der Waals surface area contributed by atoms with Gasteiger partial charge in [0, 0.05) is 0 Å². The van der Waals surface area contributed by atoms with Crippen LogP contribution in [0.5, 0.6) is 0 Å². The van der Waals surface area contributed by atoms with E-state index in [1.165, 1.54) is 0 Å². The summed E-state index contributed by atoms with van der Waals surface area (Å²) in [7, 11) is 0. The summed E-state index contributed by atoms with van der Waals surface area (Å²) in [6.45, 7) is 5.41. The van der Waals surface area contributed by atoms with Crippen LogP contribution in [-0.4, -0.2) is 37.7 Å². The van der Waals surface area contributed by atoms with E-state index in [9.17, 15) is 19.6 Å². The fourth-order valence-electron chi connectivity index (χ4n) is 2.72. The van der Waals surface area contributed by atoms with Gasteiger partial charge in [0.15, 0.2) is 11.3 Å². The Labute approximate surface area is 171 Å². The van der Waals surface area contributed by atoms with Crippen LogP contribution in [0.3, 0.4) is 0 Å². The third kappa shape index (κ3) is 6.46. The van der Waals surface area contributed by atoms with Gasteiger partial charge in [-0.3, -0.25) is 9.59 Å². The van der Waals surface area contributed by atoms with Crippen LogP contribution >= 0.6 is 0 Å². The first kappa shape index (κ1) is 23.9. The van der Waals surface area contributed by atoms with Gasteiger partial charge in [-0.05, 0) is 39.2 Å². The molecular formula is C22H27NO6.